The molecule has 14 heteroatoms. The molecule has 2 aromatic carbocycles. The highest BCUT2D eigenvalue weighted by molar-refractivity contribution is 5.82. The number of halogens is 6. The van der Waals surface area contributed by atoms with Gasteiger partial charge in [0, 0.05) is 49.6 Å². The summed E-state index contributed by atoms with van der Waals surface area (Å²) in [5, 5.41) is 12.2. The number of pyridine rings is 1. The lowest BCUT2D eigenvalue weighted by Crippen LogP contribution is -2.41. The minimum Gasteiger partial charge on any atom is -0.481 e. The first kappa shape index (κ1) is 40.2. The number of rotatable bonds is 12. The van der Waals surface area contributed by atoms with Crippen LogP contribution < -0.4 is 10.9 Å². The van der Waals surface area contributed by atoms with Gasteiger partial charge in [0.2, 0.25) is 5.91 Å². The van der Waals surface area contributed by atoms with Crippen molar-refractivity contribution in [2.24, 2.45) is 5.92 Å². The molecular weight excluding hydrogens is 692 g/mol. The molecule has 0 aliphatic carbocycles. The molecule has 52 heavy (non-hydrogen) atoms. The number of nitrogens with zero attached hydrogens (tertiary/aromatic N) is 2. The van der Waals surface area contributed by atoms with E-state index in [-0.39, 0.29) is 53.1 Å². The van der Waals surface area contributed by atoms with Crippen LogP contribution in [0.3, 0.4) is 0 Å². The quantitative estimate of drug-likeness (QED) is 0.158. The fourth-order valence-corrected chi connectivity index (χ4v) is 6.65. The van der Waals surface area contributed by atoms with E-state index >= 15 is 8.78 Å². The van der Waals surface area contributed by atoms with E-state index in [0.29, 0.717) is 38.8 Å². The SMILES string of the molecule is C#Cc1cc(-c2c(C)cc(F)cc2C)c(F)c([C@H](CC(=O)O)NC(=O)[C@H](CC(C)C)n2cc(CCN3CCCOCC3)c(C(F)(F)F)cc2=O)c1F. The Morgan fingerprint density at radius 1 is 1.04 bits per heavy atom. The van der Waals surface area contributed by atoms with Gasteiger partial charge < -0.3 is 24.6 Å². The summed E-state index contributed by atoms with van der Waals surface area (Å²) in [5.74, 6) is -4.01. The summed E-state index contributed by atoms with van der Waals surface area (Å²) in [6, 6.07) is 0.329. The molecule has 0 radical (unpaired) electrons. The molecule has 2 N–H and O–H groups in total. The summed E-state index contributed by atoms with van der Waals surface area (Å²) in [6.07, 6.45) is 1.09. The zero-order valence-electron chi connectivity index (χ0n) is 29.3. The minimum atomic E-state index is -4.88. The zero-order chi connectivity index (χ0) is 38.5. The molecule has 4 rings (SSSR count). The summed E-state index contributed by atoms with van der Waals surface area (Å²) in [7, 11) is 0. The molecule has 2 heterocycles. The highest BCUT2D eigenvalue weighted by Crippen LogP contribution is 2.38. The van der Waals surface area contributed by atoms with Crippen LogP contribution in [0.2, 0.25) is 0 Å². The molecule has 0 spiro atoms. The van der Waals surface area contributed by atoms with Crippen LogP contribution in [-0.4, -0.2) is 59.3 Å². The van der Waals surface area contributed by atoms with Gasteiger partial charge in [0.25, 0.3) is 5.56 Å². The van der Waals surface area contributed by atoms with Gasteiger partial charge in [-0.3, -0.25) is 14.4 Å². The molecule has 1 aliphatic rings. The number of terminal acetylenes is 1. The average Bonchev–Trinajstić information content (AvgIpc) is 3.31. The first-order valence-corrected chi connectivity index (χ1v) is 16.8. The second-order valence-corrected chi connectivity index (χ2v) is 13.4. The standard InChI is InChI=1S/C38H41F6N3O5/c1-6-24-17-27(33-22(4)15-26(39)16-23(33)5)36(41)34(35(24)40)29(19-32(49)50)45-37(51)30(14-21(2)3)47-20-25(28(18-31(47)48)38(42,43)44)8-10-46-9-7-12-52-13-11-46/h1,15-18,20-21,29-30H,7-14,19H2,2-5H3,(H,45,51)(H,49,50)/t29-,30-/m0/s1. The number of hydrogen-bond acceptors (Lipinski definition) is 5. The molecule has 1 saturated heterocycles. The van der Waals surface area contributed by atoms with Crippen molar-refractivity contribution < 1.29 is 45.8 Å². The number of nitrogens with one attached hydrogen (secondary N) is 1. The third kappa shape index (κ3) is 9.43. The van der Waals surface area contributed by atoms with Gasteiger partial charge in [-0.2, -0.15) is 13.2 Å². The Bertz CT molecular complexity index is 1890. The topological polar surface area (TPSA) is 101 Å². The second kappa shape index (κ2) is 16.8. The molecule has 1 aliphatic heterocycles. The first-order chi connectivity index (χ1) is 24.4. The first-order valence-electron chi connectivity index (χ1n) is 16.8. The van der Waals surface area contributed by atoms with Crippen LogP contribution in [0.1, 0.15) is 78.6 Å². The number of ether oxygens (including phenoxy) is 1. The van der Waals surface area contributed by atoms with Crippen molar-refractivity contribution in [1.82, 2.24) is 14.8 Å². The molecule has 280 valence electrons. The number of aryl methyl sites for hydroxylation is 2. The van der Waals surface area contributed by atoms with Gasteiger partial charge >= 0.3 is 12.1 Å². The number of alkyl halides is 3. The minimum absolute atomic E-state index is 0.103. The number of aromatic nitrogens is 1. The van der Waals surface area contributed by atoms with Crippen molar-refractivity contribution in [1.29, 1.82) is 0 Å². The van der Waals surface area contributed by atoms with E-state index < -0.39 is 76.3 Å². The summed E-state index contributed by atoms with van der Waals surface area (Å²) < 4.78 is 95.4. The van der Waals surface area contributed by atoms with E-state index in [1.165, 1.54) is 13.8 Å². The van der Waals surface area contributed by atoms with Crippen LogP contribution in [-0.2, 0) is 26.9 Å². The Morgan fingerprint density at radius 2 is 1.71 bits per heavy atom. The van der Waals surface area contributed by atoms with Gasteiger partial charge in [0.05, 0.1) is 30.2 Å². The van der Waals surface area contributed by atoms with Gasteiger partial charge in [-0.15, -0.1) is 6.42 Å². The Hall–Kier alpha value is -4.61. The van der Waals surface area contributed by atoms with E-state index in [2.05, 4.69) is 11.2 Å². The molecule has 1 fully saturated rings. The maximum Gasteiger partial charge on any atom is 0.416 e. The highest BCUT2D eigenvalue weighted by Gasteiger charge is 2.37. The molecule has 0 saturated carbocycles. The average molecular weight is 734 g/mol. The van der Waals surface area contributed by atoms with Crippen molar-refractivity contribution in [3.05, 3.63) is 91.6 Å². The number of carbonyl (C=O) groups is 2. The highest BCUT2D eigenvalue weighted by atomic mass is 19.4. The van der Waals surface area contributed by atoms with E-state index in [1.54, 1.807) is 13.8 Å². The smallest absolute Gasteiger partial charge is 0.416 e. The number of aliphatic carboxylic acids is 1. The van der Waals surface area contributed by atoms with Crippen molar-refractivity contribution >= 4 is 11.9 Å². The Balaban J connectivity index is 1.82. The van der Waals surface area contributed by atoms with Crippen LogP contribution in [0.5, 0.6) is 0 Å². The molecule has 1 aromatic heterocycles. The molecular formula is C38H41F6N3O5. The normalized spacial score (nSPS) is 15.2. The molecule has 2 atom stereocenters. The van der Waals surface area contributed by atoms with E-state index in [9.17, 15) is 37.1 Å². The Morgan fingerprint density at radius 3 is 2.31 bits per heavy atom. The lowest BCUT2D eigenvalue weighted by molar-refractivity contribution is -0.139. The van der Waals surface area contributed by atoms with E-state index in [1.807, 2.05) is 4.90 Å². The molecule has 8 nitrogen and oxygen atoms in total. The summed E-state index contributed by atoms with van der Waals surface area (Å²) in [4.78, 5) is 41.4. The Kier molecular flexibility index (Phi) is 13.0. The lowest BCUT2D eigenvalue weighted by atomic mass is 9.89. The summed E-state index contributed by atoms with van der Waals surface area (Å²) >= 11 is 0. The molecule has 3 aromatic rings. The molecule has 1 amide bonds. The zero-order valence-corrected chi connectivity index (χ0v) is 29.3. The largest absolute Gasteiger partial charge is 0.481 e. The van der Waals surface area contributed by atoms with Gasteiger partial charge in [0.15, 0.2) is 0 Å². The van der Waals surface area contributed by atoms with Gasteiger partial charge in [-0.25, -0.2) is 13.2 Å². The van der Waals surface area contributed by atoms with Gasteiger partial charge in [0.1, 0.15) is 23.5 Å². The van der Waals surface area contributed by atoms with Crippen molar-refractivity contribution in [2.45, 2.75) is 71.6 Å². The number of amides is 1. The maximum absolute atomic E-state index is 16.5. The second-order valence-electron chi connectivity index (χ2n) is 13.4. The lowest BCUT2D eigenvalue weighted by Gasteiger charge is -2.27. The number of carboxylic acid groups (broad SMARTS) is 1. The predicted octanol–water partition coefficient (Wildman–Crippen LogP) is 6.73. The molecule has 0 bridgehead atoms. The van der Waals surface area contributed by atoms with Crippen molar-refractivity contribution in [2.75, 3.05) is 32.8 Å². The summed E-state index contributed by atoms with van der Waals surface area (Å²) in [6.45, 7) is 8.63. The number of benzene rings is 2. The van der Waals surface area contributed by atoms with Gasteiger partial charge in [-0.05, 0) is 79.5 Å². The third-order valence-electron chi connectivity index (χ3n) is 9.01. The monoisotopic (exact) mass is 733 g/mol. The predicted molar refractivity (Wildman–Crippen MR) is 182 cm³/mol. The molecule has 0 unspecified atom stereocenters. The fourth-order valence-electron chi connectivity index (χ4n) is 6.65. The number of hydrogen-bond donors (Lipinski definition) is 2. The third-order valence-corrected chi connectivity index (χ3v) is 9.01. The van der Waals surface area contributed by atoms with Crippen LogP contribution in [0.25, 0.3) is 11.1 Å². The number of carboxylic acids is 1. The van der Waals surface area contributed by atoms with Crippen LogP contribution in [0.4, 0.5) is 26.3 Å². The van der Waals surface area contributed by atoms with E-state index in [0.717, 1.165) is 29.0 Å². The van der Waals surface area contributed by atoms with Crippen LogP contribution >= 0.6 is 0 Å². The van der Waals surface area contributed by atoms with Gasteiger partial charge in [-0.1, -0.05) is 19.8 Å². The number of carbonyl (C=O) groups excluding carboxylic acids is 1. The Labute approximate surface area is 297 Å². The van der Waals surface area contributed by atoms with Crippen molar-refractivity contribution in [3.8, 4) is 23.5 Å². The van der Waals surface area contributed by atoms with Crippen LogP contribution in [0, 0.1) is 49.6 Å². The van der Waals surface area contributed by atoms with E-state index in [4.69, 9.17) is 11.2 Å². The van der Waals surface area contributed by atoms with Crippen molar-refractivity contribution in [3.63, 3.8) is 0 Å². The maximum atomic E-state index is 16.5. The summed E-state index contributed by atoms with van der Waals surface area (Å²) in [5.41, 5.74) is -3.42. The fraction of sp³-hybridized carbons (Fsp3) is 0.447. The van der Waals surface area contributed by atoms with Crippen LogP contribution in [0.15, 0.2) is 35.3 Å².